The number of nitrogens with one attached hydrogen (secondary N) is 1. The van der Waals surface area contributed by atoms with E-state index in [0.717, 1.165) is 18.7 Å². The average Bonchev–Trinajstić information content (AvgIpc) is 2.72. The molecule has 0 aromatic heterocycles. The summed E-state index contributed by atoms with van der Waals surface area (Å²) in [6.07, 6.45) is 6.75. The normalized spacial score (nSPS) is 23.3. The molecule has 0 amide bonds. The van der Waals surface area contributed by atoms with Crippen LogP contribution in [0.15, 0.2) is 18.2 Å². The van der Waals surface area contributed by atoms with Crippen molar-refractivity contribution in [3.8, 4) is 5.75 Å². The first-order valence-corrected chi connectivity index (χ1v) is 8.37. The molecule has 0 radical (unpaired) electrons. The molecule has 2 aliphatic rings. The highest BCUT2D eigenvalue weighted by atomic mass is 16.5. The lowest BCUT2D eigenvalue weighted by Crippen LogP contribution is -2.48. The molecule has 0 bridgehead atoms. The van der Waals surface area contributed by atoms with Gasteiger partial charge in [-0.2, -0.15) is 0 Å². The summed E-state index contributed by atoms with van der Waals surface area (Å²) in [7, 11) is 0. The molecule has 1 aromatic rings. The summed E-state index contributed by atoms with van der Waals surface area (Å²) in [5.41, 5.74) is 3.41. The van der Waals surface area contributed by atoms with Gasteiger partial charge in [0.15, 0.2) is 0 Å². The van der Waals surface area contributed by atoms with Gasteiger partial charge in [-0.15, -0.1) is 0 Å². The molecule has 1 unspecified atom stereocenters. The molecule has 1 fully saturated rings. The van der Waals surface area contributed by atoms with Gasteiger partial charge in [0.05, 0.1) is 0 Å². The molecule has 1 aromatic carbocycles. The van der Waals surface area contributed by atoms with Crippen molar-refractivity contribution in [3.63, 3.8) is 0 Å². The Labute approximate surface area is 129 Å². The average molecular weight is 287 g/mol. The number of hydrogen-bond donors (Lipinski definition) is 1. The lowest BCUT2D eigenvalue weighted by atomic mass is 9.65. The van der Waals surface area contributed by atoms with Crippen molar-refractivity contribution in [1.82, 2.24) is 5.32 Å². The van der Waals surface area contributed by atoms with Crippen molar-refractivity contribution < 1.29 is 4.74 Å². The van der Waals surface area contributed by atoms with Gasteiger partial charge >= 0.3 is 0 Å². The molecule has 1 heterocycles. The van der Waals surface area contributed by atoms with E-state index in [1.54, 1.807) is 0 Å². The fourth-order valence-electron chi connectivity index (χ4n) is 3.63. The van der Waals surface area contributed by atoms with Gasteiger partial charge in [-0.25, -0.2) is 0 Å². The minimum absolute atomic E-state index is 0.208. The standard InChI is InChI=1S/C19H29NO/c1-14-6-7-17-15(10-14)11-16(21-17)12-19(8-5-9-19)13-20-18(2,3)4/h6-7,10,16,20H,5,8-9,11-13H2,1-4H3. The summed E-state index contributed by atoms with van der Waals surface area (Å²) in [6, 6.07) is 6.59. The molecule has 1 saturated carbocycles. The van der Waals surface area contributed by atoms with Crippen LogP contribution in [0.25, 0.3) is 0 Å². The smallest absolute Gasteiger partial charge is 0.123 e. The molecule has 3 rings (SSSR count). The number of ether oxygens (including phenoxy) is 1. The Bertz CT molecular complexity index is 511. The lowest BCUT2D eigenvalue weighted by molar-refractivity contribution is 0.0547. The number of hydrogen-bond acceptors (Lipinski definition) is 2. The van der Waals surface area contributed by atoms with E-state index in [4.69, 9.17) is 4.74 Å². The summed E-state index contributed by atoms with van der Waals surface area (Å²) in [6.45, 7) is 10.1. The second-order valence-corrected chi connectivity index (χ2v) is 8.22. The highest BCUT2D eigenvalue weighted by Crippen LogP contribution is 2.46. The second kappa shape index (κ2) is 5.31. The molecule has 21 heavy (non-hydrogen) atoms. The zero-order valence-corrected chi connectivity index (χ0v) is 14.0. The number of aryl methyl sites for hydroxylation is 1. The van der Waals surface area contributed by atoms with Crippen LogP contribution in [0, 0.1) is 12.3 Å². The third-order valence-corrected chi connectivity index (χ3v) is 5.03. The van der Waals surface area contributed by atoms with Gasteiger partial charge in [-0.1, -0.05) is 24.1 Å². The van der Waals surface area contributed by atoms with Crippen LogP contribution in [0.2, 0.25) is 0 Å². The van der Waals surface area contributed by atoms with Crippen molar-refractivity contribution in [2.75, 3.05) is 6.54 Å². The van der Waals surface area contributed by atoms with Crippen LogP contribution in [0.5, 0.6) is 5.75 Å². The summed E-state index contributed by atoms with van der Waals surface area (Å²) in [5.74, 6) is 1.11. The first kappa shape index (κ1) is 14.9. The molecule has 2 nitrogen and oxygen atoms in total. The van der Waals surface area contributed by atoms with E-state index < -0.39 is 0 Å². The molecule has 1 atom stereocenters. The lowest BCUT2D eigenvalue weighted by Gasteiger charge is -2.45. The van der Waals surface area contributed by atoms with Crippen molar-refractivity contribution in [3.05, 3.63) is 29.3 Å². The number of fused-ring (bicyclic) bond motifs is 1. The largest absolute Gasteiger partial charge is 0.490 e. The Morgan fingerprint density at radius 2 is 2.05 bits per heavy atom. The minimum Gasteiger partial charge on any atom is -0.490 e. The van der Waals surface area contributed by atoms with E-state index in [-0.39, 0.29) is 5.54 Å². The Morgan fingerprint density at radius 1 is 1.29 bits per heavy atom. The van der Waals surface area contributed by atoms with Crippen LogP contribution in [0.4, 0.5) is 0 Å². The molecular formula is C19H29NO. The van der Waals surface area contributed by atoms with Crippen molar-refractivity contribution in [1.29, 1.82) is 0 Å². The maximum atomic E-state index is 6.20. The molecule has 0 saturated heterocycles. The third-order valence-electron chi connectivity index (χ3n) is 5.03. The first-order chi connectivity index (χ1) is 9.85. The molecule has 2 heteroatoms. The van der Waals surface area contributed by atoms with Crippen LogP contribution in [0.1, 0.15) is 57.6 Å². The van der Waals surface area contributed by atoms with Gasteiger partial charge in [-0.05, 0) is 64.0 Å². The second-order valence-electron chi connectivity index (χ2n) is 8.22. The molecular weight excluding hydrogens is 258 g/mol. The van der Waals surface area contributed by atoms with Gasteiger partial charge in [-0.3, -0.25) is 0 Å². The van der Waals surface area contributed by atoms with Gasteiger partial charge in [0.25, 0.3) is 0 Å². The maximum absolute atomic E-state index is 6.20. The maximum Gasteiger partial charge on any atom is 0.123 e. The Kier molecular flexibility index (Phi) is 3.77. The van der Waals surface area contributed by atoms with E-state index in [1.165, 1.54) is 36.8 Å². The van der Waals surface area contributed by atoms with Crippen LogP contribution in [-0.2, 0) is 6.42 Å². The highest BCUT2D eigenvalue weighted by Gasteiger charge is 2.41. The van der Waals surface area contributed by atoms with E-state index in [9.17, 15) is 0 Å². The zero-order chi connectivity index (χ0) is 15.1. The van der Waals surface area contributed by atoms with Crippen molar-refractivity contribution in [2.45, 2.75) is 71.4 Å². The van der Waals surface area contributed by atoms with Crippen LogP contribution < -0.4 is 10.1 Å². The summed E-state index contributed by atoms with van der Waals surface area (Å²) < 4.78 is 6.20. The fraction of sp³-hybridized carbons (Fsp3) is 0.684. The van der Waals surface area contributed by atoms with Gasteiger partial charge in [0.2, 0.25) is 0 Å². The summed E-state index contributed by atoms with van der Waals surface area (Å²) >= 11 is 0. The third kappa shape index (κ3) is 3.42. The monoisotopic (exact) mass is 287 g/mol. The Hall–Kier alpha value is -1.02. The van der Waals surface area contributed by atoms with Crippen molar-refractivity contribution in [2.24, 2.45) is 5.41 Å². The van der Waals surface area contributed by atoms with E-state index in [1.807, 2.05) is 0 Å². The predicted molar refractivity (Wildman–Crippen MR) is 88.0 cm³/mol. The quantitative estimate of drug-likeness (QED) is 0.894. The topological polar surface area (TPSA) is 21.3 Å². The SMILES string of the molecule is Cc1ccc2c(c1)CC(CC1(CNC(C)(C)C)CCC1)O2. The predicted octanol–water partition coefficient (Wildman–Crippen LogP) is 4.25. The van der Waals surface area contributed by atoms with E-state index in [0.29, 0.717) is 11.5 Å². The molecule has 1 aliphatic heterocycles. The molecule has 1 N–H and O–H groups in total. The van der Waals surface area contributed by atoms with Gasteiger partial charge < -0.3 is 10.1 Å². The zero-order valence-electron chi connectivity index (χ0n) is 14.0. The highest BCUT2D eigenvalue weighted by molar-refractivity contribution is 5.40. The molecule has 116 valence electrons. The Morgan fingerprint density at radius 3 is 2.67 bits per heavy atom. The number of benzene rings is 1. The van der Waals surface area contributed by atoms with Gasteiger partial charge in [0, 0.05) is 18.5 Å². The summed E-state index contributed by atoms with van der Waals surface area (Å²) in [5, 5.41) is 3.71. The minimum atomic E-state index is 0.208. The molecule has 1 aliphatic carbocycles. The van der Waals surface area contributed by atoms with Crippen molar-refractivity contribution >= 4 is 0 Å². The number of rotatable bonds is 4. The van der Waals surface area contributed by atoms with Gasteiger partial charge in [0.1, 0.15) is 11.9 Å². The fourth-order valence-corrected chi connectivity index (χ4v) is 3.63. The molecule has 0 spiro atoms. The van der Waals surface area contributed by atoms with Crippen LogP contribution in [0.3, 0.4) is 0 Å². The van der Waals surface area contributed by atoms with E-state index in [2.05, 4.69) is 51.2 Å². The Balaban J connectivity index is 1.61. The van der Waals surface area contributed by atoms with E-state index >= 15 is 0 Å². The van der Waals surface area contributed by atoms with Crippen LogP contribution in [-0.4, -0.2) is 18.2 Å². The summed E-state index contributed by atoms with van der Waals surface area (Å²) in [4.78, 5) is 0. The first-order valence-electron chi connectivity index (χ1n) is 8.37. The van der Waals surface area contributed by atoms with Crippen LogP contribution >= 0.6 is 0 Å².